The monoisotopic (exact) mass is 541 g/mol. The van der Waals surface area contributed by atoms with Gasteiger partial charge in [0.25, 0.3) is 0 Å². The maximum atomic E-state index is 12.1. The lowest BCUT2D eigenvalue weighted by atomic mass is 10.2. The molecule has 9 heteroatoms. The van der Waals surface area contributed by atoms with Crippen LogP contribution in [-0.2, 0) is 4.74 Å². The van der Waals surface area contributed by atoms with E-state index in [0.717, 1.165) is 64.7 Å². The van der Waals surface area contributed by atoms with Crippen LogP contribution in [0.15, 0.2) is 4.99 Å². The number of thioether (sulfide) groups is 1. The summed E-state index contributed by atoms with van der Waals surface area (Å²) in [4.78, 5) is 21.1. The Labute approximate surface area is 198 Å². The van der Waals surface area contributed by atoms with Gasteiger partial charge in [0.1, 0.15) is 5.60 Å². The molecule has 2 heterocycles. The highest BCUT2D eigenvalue weighted by molar-refractivity contribution is 14.0. The van der Waals surface area contributed by atoms with Crippen LogP contribution in [0.3, 0.4) is 0 Å². The van der Waals surface area contributed by atoms with Crippen molar-refractivity contribution in [3.05, 3.63) is 0 Å². The lowest BCUT2D eigenvalue weighted by Gasteiger charge is -2.35. The second-order valence-electron chi connectivity index (χ2n) is 8.44. The standard InChI is InChI=1S/C20H39N5O2S.HI/c1-5-21-18(23-16-17-8-6-15-28-17)22-9-7-10-24-11-13-25(14-12-24)19(26)27-20(2,3)4;/h17H,5-16H2,1-4H3,(H2,21,22,23);1H. The third-order valence-corrected chi connectivity index (χ3v) is 6.17. The minimum absolute atomic E-state index is 0. The molecule has 0 aromatic carbocycles. The van der Waals surface area contributed by atoms with Gasteiger partial charge < -0.3 is 20.3 Å². The van der Waals surface area contributed by atoms with E-state index in [1.807, 2.05) is 37.4 Å². The predicted molar refractivity (Wildman–Crippen MR) is 134 cm³/mol. The Morgan fingerprint density at radius 1 is 1.21 bits per heavy atom. The van der Waals surface area contributed by atoms with Crippen molar-refractivity contribution < 1.29 is 9.53 Å². The Balaban J connectivity index is 0.00000420. The highest BCUT2D eigenvalue weighted by Crippen LogP contribution is 2.25. The first-order valence-electron chi connectivity index (χ1n) is 10.7. The third kappa shape index (κ3) is 11.0. The van der Waals surface area contributed by atoms with Crippen LogP contribution in [0.1, 0.15) is 47.0 Å². The van der Waals surface area contributed by atoms with Crippen molar-refractivity contribution in [2.75, 3.05) is 58.1 Å². The number of rotatable bonds is 7. The molecule has 2 N–H and O–H groups in total. The van der Waals surface area contributed by atoms with Crippen LogP contribution >= 0.6 is 35.7 Å². The largest absolute Gasteiger partial charge is 0.444 e. The quantitative estimate of drug-likeness (QED) is 0.224. The minimum Gasteiger partial charge on any atom is -0.444 e. The molecule has 29 heavy (non-hydrogen) atoms. The third-order valence-electron chi connectivity index (χ3n) is 4.79. The molecule has 7 nitrogen and oxygen atoms in total. The summed E-state index contributed by atoms with van der Waals surface area (Å²) >= 11 is 2.05. The molecule has 1 amide bonds. The Morgan fingerprint density at radius 2 is 1.93 bits per heavy atom. The number of nitrogens with zero attached hydrogens (tertiary/aromatic N) is 3. The van der Waals surface area contributed by atoms with Crippen molar-refractivity contribution in [1.29, 1.82) is 0 Å². The number of piperazine rings is 1. The molecule has 2 aliphatic heterocycles. The second kappa shape index (κ2) is 13.8. The number of carbonyl (C=O) groups is 1. The van der Waals surface area contributed by atoms with Crippen LogP contribution in [0.25, 0.3) is 0 Å². The molecule has 170 valence electrons. The van der Waals surface area contributed by atoms with Crippen molar-refractivity contribution in [1.82, 2.24) is 20.4 Å². The molecule has 1 unspecified atom stereocenters. The molecule has 0 radical (unpaired) electrons. The predicted octanol–water partition coefficient (Wildman–Crippen LogP) is 3.00. The van der Waals surface area contributed by atoms with Gasteiger partial charge in [-0.05, 0) is 59.3 Å². The number of amides is 1. The number of guanidine groups is 1. The molecule has 2 saturated heterocycles. The molecule has 0 saturated carbocycles. The van der Waals surface area contributed by atoms with Gasteiger partial charge in [-0.3, -0.25) is 9.89 Å². The van der Waals surface area contributed by atoms with Gasteiger partial charge in [0.15, 0.2) is 5.96 Å². The fraction of sp³-hybridized carbons (Fsp3) is 0.900. The van der Waals surface area contributed by atoms with Gasteiger partial charge in [0.05, 0.1) is 6.54 Å². The highest BCUT2D eigenvalue weighted by atomic mass is 127. The Kier molecular flexibility index (Phi) is 12.7. The molecule has 2 fully saturated rings. The molecule has 0 spiro atoms. The lowest BCUT2D eigenvalue weighted by molar-refractivity contribution is 0.0145. The van der Waals surface area contributed by atoms with E-state index in [9.17, 15) is 4.79 Å². The van der Waals surface area contributed by atoms with E-state index in [2.05, 4.69) is 22.5 Å². The van der Waals surface area contributed by atoms with E-state index in [1.54, 1.807) is 0 Å². The van der Waals surface area contributed by atoms with Gasteiger partial charge >= 0.3 is 6.09 Å². The Bertz CT molecular complexity index is 502. The van der Waals surface area contributed by atoms with E-state index < -0.39 is 5.60 Å². The van der Waals surface area contributed by atoms with Gasteiger partial charge in [-0.2, -0.15) is 11.8 Å². The molecular formula is C20H40IN5O2S. The fourth-order valence-electron chi connectivity index (χ4n) is 3.31. The van der Waals surface area contributed by atoms with Gasteiger partial charge in [-0.1, -0.05) is 0 Å². The van der Waals surface area contributed by atoms with Crippen molar-refractivity contribution in [2.45, 2.75) is 57.8 Å². The van der Waals surface area contributed by atoms with E-state index in [1.165, 1.54) is 18.6 Å². The van der Waals surface area contributed by atoms with Crippen molar-refractivity contribution in [2.24, 2.45) is 4.99 Å². The van der Waals surface area contributed by atoms with Crippen molar-refractivity contribution in [3.8, 4) is 0 Å². The van der Waals surface area contributed by atoms with E-state index >= 15 is 0 Å². The minimum atomic E-state index is -0.428. The lowest BCUT2D eigenvalue weighted by Crippen LogP contribution is -2.50. The summed E-state index contributed by atoms with van der Waals surface area (Å²) in [6.07, 6.45) is 3.49. The van der Waals surface area contributed by atoms with E-state index in [4.69, 9.17) is 9.73 Å². The zero-order valence-electron chi connectivity index (χ0n) is 18.5. The number of ether oxygens (including phenoxy) is 1. The summed E-state index contributed by atoms with van der Waals surface area (Å²) in [7, 11) is 0. The number of aliphatic imine (C=N–C) groups is 1. The normalized spacial score (nSPS) is 20.9. The SMILES string of the molecule is CCNC(=NCC1CCCS1)NCCCN1CCN(C(=O)OC(C)(C)C)CC1.I. The maximum Gasteiger partial charge on any atom is 0.410 e. The Hall–Kier alpha value is -0.420. The summed E-state index contributed by atoms with van der Waals surface area (Å²) in [5.41, 5.74) is -0.428. The van der Waals surface area contributed by atoms with Gasteiger partial charge in [0, 0.05) is 44.5 Å². The highest BCUT2D eigenvalue weighted by Gasteiger charge is 2.25. The fourth-order valence-corrected chi connectivity index (χ4v) is 4.49. The second-order valence-corrected chi connectivity index (χ2v) is 9.85. The van der Waals surface area contributed by atoms with Gasteiger partial charge in [-0.15, -0.1) is 24.0 Å². The number of hydrogen-bond acceptors (Lipinski definition) is 5. The molecule has 2 aliphatic rings. The number of halogens is 1. The van der Waals surface area contributed by atoms with Crippen LogP contribution in [0.2, 0.25) is 0 Å². The molecule has 0 aliphatic carbocycles. The van der Waals surface area contributed by atoms with Gasteiger partial charge in [0.2, 0.25) is 0 Å². The van der Waals surface area contributed by atoms with E-state index in [-0.39, 0.29) is 30.1 Å². The average molecular weight is 542 g/mol. The number of carbonyl (C=O) groups excluding carboxylic acids is 1. The zero-order valence-corrected chi connectivity index (χ0v) is 21.7. The number of hydrogen-bond donors (Lipinski definition) is 2. The summed E-state index contributed by atoms with van der Waals surface area (Å²) < 4.78 is 5.46. The van der Waals surface area contributed by atoms with Crippen molar-refractivity contribution in [3.63, 3.8) is 0 Å². The smallest absolute Gasteiger partial charge is 0.410 e. The van der Waals surface area contributed by atoms with Crippen LogP contribution in [-0.4, -0.2) is 90.8 Å². The molecule has 0 aromatic heterocycles. The molecule has 1 atom stereocenters. The molecule has 2 rings (SSSR count). The zero-order chi connectivity index (χ0) is 20.4. The maximum absolute atomic E-state index is 12.1. The Morgan fingerprint density at radius 3 is 2.52 bits per heavy atom. The van der Waals surface area contributed by atoms with E-state index in [0.29, 0.717) is 5.25 Å². The first-order valence-corrected chi connectivity index (χ1v) is 11.8. The topological polar surface area (TPSA) is 69.2 Å². The van der Waals surface area contributed by atoms with Crippen LogP contribution in [0.5, 0.6) is 0 Å². The first-order chi connectivity index (χ1) is 13.4. The first kappa shape index (κ1) is 26.6. The summed E-state index contributed by atoms with van der Waals surface area (Å²) in [5, 5.41) is 7.49. The number of nitrogens with one attached hydrogen (secondary N) is 2. The summed E-state index contributed by atoms with van der Waals surface area (Å²) in [6, 6.07) is 0. The molecular weight excluding hydrogens is 501 g/mol. The molecule has 0 aromatic rings. The van der Waals surface area contributed by atoms with Crippen LogP contribution in [0.4, 0.5) is 4.79 Å². The van der Waals surface area contributed by atoms with Gasteiger partial charge in [-0.25, -0.2) is 4.79 Å². The summed E-state index contributed by atoms with van der Waals surface area (Å²) in [5.74, 6) is 2.22. The molecule has 0 bridgehead atoms. The average Bonchev–Trinajstić information content (AvgIpc) is 3.16. The van der Waals surface area contributed by atoms with Crippen molar-refractivity contribution >= 4 is 47.8 Å². The van der Waals surface area contributed by atoms with Crippen LogP contribution < -0.4 is 10.6 Å². The van der Waals surface area contributed by atoms with Crippen LogP contribution in [0, 0.1) is 0 Å². The summed E-state index contributed by atoms with van der Waals surface area (Å²) in [6.45, 7) is 14.9.